The molecule has 0 bridgehead atoms. The van der Waals surface area contributed by atoms with Crippen molar-refractivity contribution in [2.45, 2.75) is 4.90 Å². The zero-order chi connectivity index (χ0) is 10.1. The lowest BCUT2D eigenvalue weighted by Gasteiger charge is -2.00. The third-order valence-electron chi connectivity index (χ3n) is 1.57. The SMILES string of the molecule is CS(=O)(=O)c1ccc(N)c(C#N)c1. The Bertz CT molecular complexity index is 471. The first-order chi connectivity index (χ1) is 5.95. The van der Waals surface area contributed by atoms with E-state index >= 15 is 0 Å². The number of sulfone groups is 1. The highest BCUT2D eigenvalue weighted by Crippen LogP contribution is 2.16. The molecule has 0 aliphatic heterocycles. The molecule has 2 N–H and O–H groups in total. The zero-order valence-corrected chi connectivity index (χ0v) is 7.80. The first-order valence-corrected chi connectivity index (χ1v) is 5.34. The topological polar surface area (TPSA) is 83.9 Å². The molecular formula is C8H8N2O2S. The summed E-state index contributed by atoms with van der Waals surface area (Å²) in [7, 11) is -3.26. The lowest BCUT2D eigenvalue weighted by atomic mass is 10.2. The van der Waals surface area contributed by atoms with Gasteiger partial charge in [0.25, 0.3) is 0 Å². The molecule has 5 heteroatoms. The molecule has 68 valence electrons. The van der Waals surface area contributed by atoms with Crippen molar-refractivity contribution >= 4 is 15.5 Å². The van der Waals surface area contributed by atoms with Crippen LogP contribution in [0.25, 0.3) is 0 Å². The quantitative estimate of drug-likeness (QED) is 0.664. The molecular weight excluding hydrogens is 188 g/mol. The van der Waals surface area contributed by atoms with Crippen molar-refractivity contribution < 1.29 is 8.42 Å². The molecule has 0 fully saturated rings. The Kier molecular flexibility index (Phi) is 2.26. The highest BCUT2D eigenvalue weighted by molar-refractivity contribution is 7.90. The van der Waals surface area contributed by atoms with Crippen molar-refractivity contribution in [3.63, 3.8) is 0 Å². The van der Waals surface area contributed by atoms with Crippen LogP contribution in [-0.2, 0) is 9.84 Å². The molecule has 0 aromatic heterocycles. The lowest BCUT2D eigenvalue weighted by molar-refractivity contribution is 0.602. The van der Waals surface area contributed by atoms with Crippen LogP contribution in [0.15, 0.2) is 23.1 Å². The average molecular weight is 196 g/mol. The van der Waals surface area contributed by atoms with Crippen LogP contribution in [0.5, 0.6) is 0 Å². The maximum absolute atomic E-state index is 11.1. The van der Waals surface area contributed by atoms with Gasteiger partial charge >= 0.3 is 0 Å². The second kappa shape index (κ2) is 3.07. The monoisotopic (exact) mass is 196 g/mol. The summed E-state index contributed by atoms with van der Waals surface area (Å²) in [6.45, 7) is 0. The van der Waals surface area contributed by atoms with Gasteiger partial charge in [0.2, 0.25) is 0 Å². The molecule has 1 aromatic rings. The van der Waals surface area contributed by atoms with Crippen molar-refractivity contribution in [3.8, 4) is 6.07 Å². The number of hydrogen-bond donors (Lipinski definition) is 1. The highest BCUT2D eigenvalue weighted by atomic mass is 32.2. The van der Waals surface area contributed by atoms with Gasteiger partial charge in [-0.3, -0.25) is 0 Å². The van der Waals surface area contributed by atoms with Gasteiger partial charge in [-0.25, -0.2) is 8.42 Å². The Balaban J connectivity index is 3.41. The predicted octanol–water partition coefficient (Wildman–Crippen LogP) is 0.544. The molecule has 0 heterocycles. The maximum atomic E-state index is 11.1. The summed E-state index contributed by atoms with van der Waals surface area (Å²) in [6, 6.07) is 5.88. The van der Waals surface area contributed by atoms with E-state index in [0.717, 1.165) is 6.26 Å². The Morgan fingerprint density at radius 2 is 2.08 bits per heavy atom. The van der Waals surface area contributed by atoms with Crippen LogP contribution >= 0.6 is 0 Å². The van der Waals surface area contributed by atoms with Crippen molar-refractivity contribution in [1.29, 1.82) is 5.26 Å². The molecule has 0 radical (unpaired) electrons. The minimum atomic E-state index is -3.26. The molecule has 0 aliphatic rings. The van der Waals surface area contributed by atoms with E-state index in [9.17, 15) is 8.42 Å². The van der Waals surface area contributed by atoms with E-state index in [1.54, 1.807) is 0 Å². The predicted molar refractivity (Wildman–Crippen MR) is 48.7 cm³/mol. The minimum Gasteiger partial charge on any atom is -0.398 e. The number of hydrogen-bond acceptors (Lipinski definition) is 4. The van der Waals surface area contributed by atoms with Crippen molar-refractivity contribution in [2.75, 3.05) is 12.0 Å². The fourth-order valence-corrected chi connectivity index (χ4v) is 1.51. The van der Waals surface area contributed by atoms with Crippen LogP contribution in [-0.4, -0.2) is 14.7 Å². The summed E-state index contributed by atoms with van der Waals surface area (Å²) >= 11 is 0. The number of rotatable bonds is 1. The van der Waals surface area contributed by atoms with Crippen molar-refractivity contribution in [2.24, 2.45) is 0 Å². The fourth-order valence-electron chi connectivity index (χ4n) is 0.863. The van der Waals surface area contributed by atoms with Crippen LogP contribution in [0.1, 0.15) is 5.56 Å². The summed E-state index contributed by atoms with van der Waals surface area (Å²) in [5, 5.41) is 8.58. The van der Waals surface area contributed by atoms with Gasteiger partial charge in [0.1, 0.15) is 6.07 Å². The molecule has 0 unspecified atom stereocenters. The molecule has 0 aliphatic carbocycles. The Labute approximate surface area is 76.5 Å². The summed E-state index contributed by atoms with van der Waals surface area (Å²) < 4.78 is 22.1. The van der Waals surface area contributed by atoms with Crippen molar-refractivity contribution in [3.05, 3.63) is 23.8 Å². The van der Waals surface area contributed by atoms with Gasteiger partial charge in [-0.05, 0) is 18.2 Å². The molecule has 1 rings (SSSR count). The molecule has 0 saturated heterocycles. The molecule has 1 aromatic carbocycles. The number of nitrogens with two attached hydrogens (primary N) is 1. The van der Waals surface area contributed by atoms with Gasteiger partial charge in [0.15, 0.2) is 9.84 Å². The minimum absolute atomic E-state index is 0.109. The normalized spacial score (nSPS) is 10.8. The molecule has 0 spiro atoms. The number of nitrogen functional groups attached to an aromatic ring is 1. The zero-order valence-electron chi connectivity index (χ0n) is 6.98. The Morgan fingerprint density at radius 1 is 1.46 bits per heavy atom. The van der Waals surface area contributed by atoms with Crippen molar-refractivity contribution in [1.82, 2.24) is 0 Å². The highest BCUT2D eigenvalue weighted by Gasteiger charge is 2.08. The van der Waals surface area contributed by atoms with E-state index < -0.39 is 9.84 Å². The first kappa shape index (κ1) is 9.55. The molecule has 0 saturated carbocycles. The largest absolute Gasteiger partial charge is 0.398 e. The number of nitriles is 1. The second-order valence-electron chi connectivity index (χ2n) is 2.63. The fraction of sp³-hybridized carbons (Fsp3) is 0.125. The molecule has 0 atom stereocenters. The molecule has 13 heavy (non-hydrogen) atoms. The van der Waals surface area contributed by atoms with Gasteiger partial charge in [-0.15, -0.1) is 0 Å². The number of nitrogens with zero attached hydrogens (tertiary/aromatic N) is 1. The van der Waals surface area contributed by atoms with Gasteiger partial charge in [-0.1, -0.05) is 0 Å². The van der Waals surface area contributed by atoms with E-state index in [0.29, 0.717) is 0 Å². The van der Waals surface area contributed by atoms with Gasteiger partial charge in [0.05, 0.1) is 10.5 Å². The van der Waals surface area contributed by atoms with Crippen LogP contribution in [0.2, 0.25) is 0 Å². The maximum Gasteiger partial charge on any atom is 0.175 e. The van der Waals surface area contributed by atoms with E-state index in [1.165, 1.54) is 18.2 Å². The number of benzene rings is 1. The second-order valence-corrected chi connectivity index (χ2v) is 4.65. The van der Waals surface area contributed by atoms with Gasteiger partial charge < -0.3 is 5.73 Å². The van der Waals surface area contributed by atoms with Crippen LogP contribution in [0.3, 0.4) is 0 Å². The van der Waals surface area contributed by atoms with Crippen LogP contribution < -0.4 is 5.73 Å². The van der Waals surface area contributed by atoms with E-state index in [1.807, 2.05) is 6.07 Å². The standard InChI is InChI=1S/C8H8N2O2S/c1-13(11,12)7-2-3-8(10)6(4-7)5-9/h2-4H,10H2,1H3. The third-order valence-corrected chi connectivity index (χ3v) is 2.68. The lowest BCUT2D eigenvalue weighted by Crippen LogP contribution is -1.99. The Hall–Kier alpha value is -1.54. The molecule has 0 amide bonds. The smallest absolute Gasteiger partial charge is 0.175 e. The van der Waals surface area contributed by atoms with E-state index in [2.05, 4.69) is 0 Å². The van der Waals surface area contributed by atoms with Crippen LogP contribution in [0, 0.1) is 11.3 Å². The van der Waals surface area contributed by atoms with Crippen LogP contribution in [0.4, 0.5) is 5.69 Å². The summed E-state index contributed by atoms with van der Waals surface area (Å²) in [6.07, 6.45) is 1.08. The van der Waals surface area contributed by atoms with Gasteiger partial charge in [0, 0.05) is 11.9 Å². The third kappa shape index (κ3) is 1.98. The van der Waals surface area contributed by atoms with Gasteiger partial charge in [-0.2, -0.15) is 5.26 Å². The summed E-state index contributed by atoms with van der Waals surface area (Å²) in [5.41, 5.74) is 5.90. The summed E-state index contributed by atoms with van der Waals surface area (Å²) in [4.78, 5) is 0.109. The summed E-state index contributed by atoms with van der Waals surface area (Å²) in [5.74, 6) is 0. The first-order valence-electron chi connectivity index (χ1n) is 3.45. The van der Waals surface area contributed by atoms with E-state index in [-0.39, 0.29) is 16.1 Å². The average Bonchev–Trinajstić information content (AvgIpc) is 2.03. The van der Waals surface area contributed by atoms with E-state index in [4.69, 9.17) is 11.0 Å². The number of anilines is 1. The molecule has 4 nitrogen and oxygen atoms in total. The Morgan fingerprint density at radius 3 is 2.54 bits per heavy atom.